The van der Waals surface area contributed by atoms with Crippen LogP contribution in [0.25, 0.3) is 0 Å². The molecular formula is C15H20BrNO3. The van der Waals surface area contributed by atoms with E-state index in [1.165, 1.54) is 0 Å². The summed E-state index contributed by atoms with van der Waals surface area (Å²) in [6.45, 7) is 6.69. The van der Waals surface area contributed by atoms with Crippen molar-refractivity contribution in [2.45, 2.75) is 32.5 Å². The third kappa shape index (κ3) is 3.59. The molecule has 5 heteroatoms. The van der Waals surface area contributed by atoms with E-state index in [1.54, 1.807) is 4.90 Å². The normalized spacial score (nSPS) is 21.9. The molecule has 1 saturated heterocycles. The fourth-order valence-electron chi connectivity index (χ4n) is 2.59. The number of aliphatic hydroxyl groups excluding tert-OH is 1. The summed E-state index contributed by atoms with van der Waals surface area (Å²) in [5.74, 6) is -0.0239. The summed E-state index contributed by atoms with van der Waals surface area (Å²) in [6, 6.07) is 5.67. The highest BCUT2D eigenvalue weighted by Crippen LogP contribution is 2.24. The number of amides is 1. The van der Waals surface area contributed by atoms with Crippen LogP contribution in [0, 0.1) is 6.92 Å². The van der Waals surface area contributed by atoms with Crippen molar-refractivity contribution in [3.63, 3.8) is 0 Å². The number of nitrogens with zero attached hydrogens (tertiary/aromatic N) is 1. The number of aliphatic hydroxyl groups is 1. The maximum atomic E-state index is 12.6. The number of hydrogen-bond donors (Lipinski definition) is 1. The van der Waals surface area contributed by atoms with Crippen LogP contribution in [0.2, 0.25) is 0 Å². The number of rotatable bonds is 2. The molecule has 0 bridgehead atoms. The molecule has 20 heavy (non-hydrogen) atoms. The van der Waals surface area contributed by atoms with Crippen molar-refractivity contribution < 1.29 is 14.6 Å². The number of ether oxygens (including phenoxy) is 1. The van der Waals surface area contributed by atoms with Crippen LogP contribution in [0.15, 0.2) is 22.7 Å². The third-order valence-electron chi connectivity index (χ3n) is 3.26. The van der Waals surface area contributed by atoms with E-state index in [0.717, 1.165) is 10.0 Å². The summed E-state index contributed by atoms with van der Waals surface area (Å²) >= 11 is 3.42. The number of morpholine rings is 1. The smallest absolute Gasteiger partial charge is 0.254 e. The Morgan fingerprint density at radius 1 is 1.50 bits per heavy atom. The zero-order chi connectivity index (χ0) is 14.9. The molecule has 0 radical (unpaired) electrons. The van der Waals surface area contributed by atoms with E-state index >= 15 is 0 Å². The van der Waals surface area contributed by atoms with Gasteiger partial charge in [0, 0.05) is 23.1 Å². The van der Waals surface area contributed by atoms with E-state index in [9.17, 15) is 9.90 Å². The van der Waals surface area contributed by atoms with Crippen LogP contribution < -0.4 is 0 Å². The molecule has 1 N–H and O–H groups in total. The molecule has 110 valence electrons. The van der Waals surface area contributed by atoms with Gasteiger partial charge in [-0.3, -0.25) is 4.79 Å². The zero-order valence-corrected chi connectivity index (χ0v) is 13.6. The molecule has 0 aromatic heterocycles. The van der Waals surface area contributed by atoms with Gasteiger partial charge >= 0.3 is 0 Å². The van der Waals surface area contributed by atoms with Crippen molar-refractivity contribution >= 4 is 21.8 Å². The van der Waals surface area contributed by atoms with E-state index in [1.807, 2.05) is 39.0 Å². The number of benzene rings is 1. The monoisotopic (exact) mass is 341 g/mol. The Bertz CT molecular complexity index is 496. The van der Waals surface area contributed by atoms with Gasteiger partial charge in [-0.15, -0.1) is 0 Å². The quantitative estimate of drug-likeness (QED) is 0.898. The van der Waals surface area contributed by atoms with Gasteiger partial charge in [0.1, 0.15) is 0 Å². The SMILES string of the molecule is Cc1cc(Br)cc(C(=O)N2CC(CO)OC(C)(C)C2)c1. The zero-order valence-electron chi connectivity index (χ0n) is 12.0. The van der Waals surface area contributed by atoms with Crippen molar-refractivity contribution in [1.29, 1.82) is 0 Å². The van der Waals surface area contributed by atoms with Crippen molar-refractivity contribution in [3.8, 4) is 0 Å². The van der Waals surface area contributed by atoms with Crippen LogP contribution >= 0.6 is 15.9 Å². The molecule has 1 aliphatic rings. The topological polar surface area (TPSA) is 49.8 Å². The van der Waals surface area contributed by atoms with E-state index in [0.29, 0.717) is 18.7 Å². The largest absolute Gasteiger partial charge is 0.394 e. The highest BCUT2D eigenvalue weighted by atomic mass is 79.9. The molecule has 4 nitrogen and oxygen atoms in total. The molecule has 1 unspecified atom stereocenters. The number of halogens is 1. The first-order valence-electron chi connectivity index (χ1n) is 6.66. The minimum atomic E-state index is -0.442. The molecule has 1 fully saturated rings. The molecule has 1 heterocycles. The lowest BCUT2D eigenvalue weighted by Gasteiger charge is -2.42. The van der Waals surface area contributed by atoms with Gasteiger partial charge in [-0.2, -0.15) is 0 Å². The van der Waals surface area contributed by atoms with Crippen LogP contribution in [-0.2, 0) is 4.74 Å². The maximum absolute atomic E-state index is 12.6. The van der Waals surface area contributed by atoms with Crippen LogP contribution in [0.1, 0.15) is 29.8 Å². The maximum Gasteiger partial charge on any atom is 0.254 e. The van der Waals surface area contributed by atoms with Gasteiger partial charge in [0.2, 0.25) is 0 Å². The van der Waals surface area contributed by atoms with Crippen molar-refractivity contribution in [1.82, 2.24) is 4.90 Å². The van der Waals surface area contributed by atoms with Gasteiger partial charge in [-0.25, -0.2) is 0 Å². The number of aryl methyl sites for hydroxylation is 1. The number of carbonyl (C=O) groups is 1. The van der Waals surface area contributed by atoms with E-state index in [-0.39, 0.29) is 18.6 Å². The number of carbonyl (C=O) groups excluding carboxylic acids is 1. The minimum Gasteiger partial charge on any atom is -0.394 e. The predicted octanol–water partition coefficient (Wildman–Crippen LogP) is 2.37. The molecule has 1 aromatic rings. The summed E-state index contributed by atoms with van der Waals surface area (Å²) in [7, 11) is 0. The molecular weight excluding hydrogens is 322 g/mol. The predicted molar refractivity (Wildman–Crippen MR) is 80.8 cm³/mol. The van der Waals surface area contributed by atoms with Gasteiger partial charge in [-0.05, 0) is 44.5 Å². The Morgan fingerprint density at radius 2 is 2.20 bits per heavy atom. The Kier molecular flexibility index (Phi) is 4.52. The van der Waals surface area contributed by atoms with Crippen molar-refractivity contribution in [3.05, 3.63) is 33.8 Å². The summed E-state index contributed by atoms with van der Waals surface area (Å²) in [5, 5.41) is 9.31. The average molecular weight is 342 g/mol. The second-order valence-electron chi connectivity index (χ2n) is 5.89. The van der Waals surface area contributed by atoms with Crippen LogP contribution in [0.3, 0.4) is 0 Å². The second-order valence-corrected chi connectivity index (χ2v) is 6.80. The fraction of sp³-hybridized carbons (Fsp3) is 0.533. The third-order valence-corrected chi connectivity index (χ3v) is 3.72. The highest BCUT2D eigenvalue weighted by molar-refractivity contribution is 9.10. The highest BCUT2D eigenvalue weighted by Gasteiger charge is 2.35. The summed E-state index contributed by atoms with van der Waals surface area (Å²) in [4.78, 5) is 14.4. The summed E-state index contributed by atoms with van der Waals surface area (Å²) < 4.78 is 6.63. The summed E-state index contributed by atoms with van der Waals surface area (Å²) in [5.41, 5.74) is 1.25. The molecule has 0 saturated carbocycles. The standard InChI is InChI=1S/C15H20BrNO3/c1-10-4-11(6-12(16)5-10)14(19)17-7-13(8-18)20-15(2,3)9-17/h4-6,13,18H,7-9H2,1-3H3. The molecule has 2 rings (SSSR count). The molecule has 1 aromatic carbocycles. The molecule has 0 aliphatic carbocycles. The molecule has 1 atom stereocenters. The Hall–Kier alpha value is -0.910. The summed E-state index contributed by atoms with van der Waals surface area (Å²) in [6.07, 6.45) is -0.323. The number of hydrogen-bond acceptors (Lipinski definition) is 3. The Labute approximate surface area is 127 Å². The Morgan fingerprint density at radius 3 is 2.80 bits per heavy atom. The van der Waals surface area contributed by atoms with Gasteiger partial charge < -0.3 is 14.7 Å². The van der Waals surface area contributed by atoms with Crippen LogP contribution in [0.4, 0.5) is 0 Å². The lowest BCUT2D eigenvalue weighted by atomic mass is 10.0. The van der Waals surface area contributed by atoms with Crippen LogP contribution in [-0.4, -0.2) is 47.3 Å². The van der Waals surface area contributed by atoms with Crippen molar-refractivity contribution in [2.24, 2.45) is 0 Å². The van der Waals surface area contributed by atoms with E-state index in [2.05, 4.69) is 15.9 Å². The van der Waals surface area contributed by atoms with Crippen LogP contribution in [0.5, 0.6) is 0 Å². The second kappa shape index (κ2) is 5.84. The minimum absolute atomic E-state index is 0.0239. The first-order chi connectivity index (χ1) is 9.30. The van der Waals surface area contributed by atoms with Gasteiger partial charge in [0.25, 0.3) is 5.91 Å². The average Bonchev–Trinajstić information content (AvgIpc) is 2.34. The van der Waals surface area contributed by atoms with Gasteiger partial charge in [0.15, 0.2) is 0 Å². The van der Waals surface area contributed by atoms with Gasteiger partial charge in [0.05, 0.1) is 18.3 Å². The van der Waals surface area contributed by atoms with E-state index in [4.69, 9.17) is 4.74 Å². The Balaban J connectivity index is 2.23. The fourth-order valence-corrected chi connectivity index (χ4v) is 3.20. The lowest BCUT2D eigenvalue weighted by molar-refractivity contribution is -0.139. The van der Waals surface area contributed by atoms with Gasteiger partial charge in [-0.1, -0.05) is 15.9 Å². The lowest BCUT2D eigenvalue weighted by Crippen LogP contribution is -2.55. The van der Waals surface area contributed by atoms with E-state index < -0.39 is 5.60 Å². The molecule has 0 spiro atoms. The molecule has 1 aliphatic heterocycles. The molecule has 1 amide bonds. The first-order valence-corrected chi connectivity index (χ1v) is 7.45. The first kappa shape index (κ1) is 15.5. The van der Waals surface area contributed by atoms with Crippen molar-refractivity contribution in [2.75, 3.05) is 19.7 Å².